The topological polar surface area (TPSA) is 40.6 Å². The van der Waals surface area contributed by atoms with E-state index in [1.807, 2.05) is 91.9 Å². The fraction of sp³-hybridized carbons (Fsp3) is 0.333. The second-order valence-corrected chi connectivity index (χ2v) is 11.1. The van der Waals surface area contributed by atoms with Crippen molar-refractivity contribution in [2.45, 2.75) is 33.6 Å². The molecule has 0 radical (unpaired) electrons. The van der Waals surface area contributed by atoms with E-state index >= 15 is 0 Å². The normalized spacial score (nSPS) is 12.5. The van der Waals surface area contributed by atoms with E-state index in [0.717, 1.165) is 41.8 Å². The van der Waals surface area contributed by atoms with Crippen molar-refractivity contribution in [2.75, 3.05) is 36.2 Å². The number of benzene rings is 3. The Morgan fingerprint density at radius 1 is 0.722 bits per heavy atom. The van der Waals surface area contributed by atoms with Gasteiger partial charge in [0.1, 0.15) is 0 Å². The van der Waals surface area contributed by atoms with Crippen molar-refractivity contribution in [1.82, 2.24) is 4.90 Å². The molecular formula is C30H37ClN2O2S. The second-order valence-electron chi connectivity index (χ2n) is 8.74. The van der Waals surface area contributed by atoms with Crippen molar-refractivity contribution in [3.63, 3.8) is 0 Å². The number of sulfonamides is 1. The molecule has 192 valence electrons. The highest BCUT2D eigenvalue weighted by molar-refractivity contribution is 7.92. The van der Waals surface area contributed by atoms with E-state index < -0.39 is 10.0 Å². The van der Waals surface area contributed by atoms with Crippen LogP contribution in [-0.4, -0.2) is 45.2 Å². The van der Waals surface area contributed by atoms with E-state index in [9.17, 15) is 8.42 Å². The van der Waals surface area contributed by atoms with Crippen molar-refractivity contribution in [2.24, 2.45) is 0 Å². The highest BCUT2D eigenvalue weighted by Crippen LogP contribution is 2.35. The monoisotopic (exact) mass is 524 g/mol. The molecule has 0 unspecified atom stereocenters. The summed E-state index contributed by atoms with van der Waals surface area (Å²) in [5, 5.41) is 0.656. The summed E-state index contributed by atoms with van der Waals surface area (Å²) in [6.45, 7) is 9.11. The molecular weight excluding hydrogens is 488 g/mol. The van der Waals surface area contributed by atoms with E-state index in [-0.39, 0.29) is 5.75 Å². The fourth-order valence-electron chi connectivity index (χ4n) is 4.19. The Morgan fingerprint density at radius 3 is 1.78 bits per heavy atom. The molecule has 0 spiro atoms. The maximum absolute atomic E-state index is 13.3. The Labute approximate surface area is 222 Å². The van der Waals surface area contributed by atoms with Gasteiger partial charge in [-0.1, -0.05) is 112 Å². The van der Waals surface area contributed by atoms with Crippen molar-refractivity contribution >= 4 is 37.9 Å². The Balaban J connectivity index is 2.02. The summed E-state index contributed by atoms with van der Waals surface area (Å²) in [5.74, 6) is 0.151. The standard InChI is InChI=1S/C30H37ClN2O2S/c1-4-7-24-36(34,35)33(23-22-32(5-2)6-3)28-20-18-26(19-21-28)29(25-14-10-8-11-15-25)30(31)27-16-12-9-13-17-27/h8-21H,4-7,22-24H2,1-3H3. The first-order chi connectivity index (χ1) is 17.4. The minimum Gasteiger partial charge on any atom is -0.302 e. The maximum Gasteiger partial charge on any atom is 0.235 e. The first kappa shape index (κ1) is 28.0. The van der Waals surface area contributed by atoms with Gasteiger partial charge in [-0.15, -0.1) is 0 Å². The zero-order valence-electron chi connectivity index (χ0n) is 21.5. The van der Waals surface area contributed by atoms with E-state index in [1.54, 1.807) is 4.31 Å². The van der Waals surface area contributed by atoms with Gasteiger partial charge in [0, 0.05) is 18.7 Å². The summed E-state index contributed by atoms with van der Waals surface area (Å²) in [7, 11) is -3.43. The predicted molar refractivity (Wildman–Crippen MR) is 155 cm³/mol. The summed E-state index contributed by atoms with van der Waals surface area (Å²) in [4.78, 5) is 2.24. The van der Waals surface area contributed by atoms with Gasteiger partial charge in [-0.05, 0) is 48.3 Å². The molecule has 0 aliphatic heterocycles. The highest BCUT2D eigenvalue weighted by Gasteiger charge is 2.23. The largest absolute Gasteiger partial charge is 0.302 e. The van der Waals surface area contributed by atoms with E-state index in [0.29, 0.717) is 30.2 Å². The van der Waals surface area contributed by atoms with Crippen LogP contribution in [0, 0.1) is 0 Å². The molecule has 0 bridgehead atoms. The molecule has 4 nitrogen and oxygen atoms in total. The van der Waals surface area contributed by atoms with Crippen LogP contribution in [0.15, 0.2) is 84.9 Å². The molecule has 0 amide bonds. The van der Waals surface area contributed by atoms with Gasteiger partial charge in [-0.25, -0.2) is 8.42 Å². The number of anilines is 1. The van der Waals surface area contributed by atoms with Gasteiger partial charge in [0.15, 0.2) is 0 Å². The Bertz CT molecular complexity index is 1210. The Kier molecular flexibility index (Phi) is 10.6. The van der Waals surface area contributed by atoms with Gasteiger partial charge in [0.05, 0.1) is 16.5 Å². The Hall–Kier alpha value is -2.60. The minimum absolute atomic E-state index is 0.151. The van der Waals surface area contributed by atoms with Gasteiger partial charge >= 0.3 is 0 Å². The fourth-order valence-corrected chi connectivity index (χ4v) is 6.21. The van der Waals surface area contributed by atoms with Gasteiger partial charge < -0.3 is 4.90 Å². The van der Waals surface area contributed by atoms with Gasteiger partial charge in [-0.2, -0.15) is 0 Å². The molecule has 0 fully saturated rings. The molecule has 6 heteroatoms. The van der Waals surface area contributed by atoms with Crippen LogP contribution in [0.5, 0.6) is 0 Å². The molecule has 0 aliphatic rings. The molecule has 3 aromatic rings. The number of rotatable bonds is 13. The second kappa shape index (κ2) is 13.6. The summed E-state index contributed by atoms with van der Waals surface area (Å²) in [6.07, 6.45) is 1.49. The lowest BCUT2D eigenvalue weighted by Crippen LogP contribution is -2.40. The average Bonchev–Trinajstić information content (AvgIpc) is 2.92. The summed E-state index contributed by atoms with van der Waals surface area (Å²) < 4.78 is 28.2. The van der Waals surface area contributed by atoms with E-state index in [4.69, 9.17) is 11.6 Å². The molecule has 3 aromatic carbocycles. The lowest BCUT2D eigenvalue weighted by molar-refractivity contribution is 0.313. The minimum atomic E-state index is -3.43. The number of hydrogen-bond acceptors (Lipinski definition) is 3. The number of nitrogens with zero attached hydrogens (tertiary/aromatic N) is 2. The molecule has 0 N–H and O–H groups in total. The van der Waals surface area contributed by atoms with Gasteiger partial charge in [0.25, 0.3) is 0 Å². The van der Waals surface area contributed by atoms with Crippen LogP contribution < -0.4 is 4.31 Å². The first-order valence-electron chi connectivity index (χ1n) is 12.7. The van der Waals surface area contributed by atoms with Crippen molar-refractivity contribution in [3.05, 3.63) is 102 Å². The molecule has 0 atom stereocenters. The van der Waals surface area contributed by atoms with E-state index in [2.05, 4.69) is 18.7 Å². The molecule has 0 saturated heterocycles. The zero-order chi connectivity index (χ0) is 26.0. The molecule has 0 aromatic heterocycles. The van der Waals surface area contributed by atoms with Crippen molar-refractivity contribution in [1.29, 1.82) is 0 Å². The van der Waals surface area contributed by atoms with Crippen LogP contribution >= 0.6 is 11.6 Å². The molecule has 0 aliphatic carbocycles. The third-order valence-corrected chi connectivity index (χ3v) is 8.64. The number of halogens is 1. The predicted octanol–water partition coefficient (Wildman–Crippen LogP) is 7.12. The highest BCUT2D eigenvalue weighted by atomic mass is 35.5. The van der Waals surface area contributed by atoms with Gasteiger partial charge in [0.2, 0.25) is 10.0 Å². The Morgan fingerprint density at radius 2 is 1.25 bits per heavy atom. The summed E-state index contributed by atoms with van der Waals surface area (Å²) in [6, 6.07) is 27.7. The van der Waals surface area contributed by atoms with Crippen LogP contribution in [0.3, 0.4) is 0 Å². The summed E-state index contributed by atoms with van der Waals surface area (Å²) in [5.41, 5.74) is 4.48. The number of unbranched alkanes of at least 4 members (excludes halogenated alkanes) is 1. The zero-order valence-corrected chi connectivity index (χ0v) is 23.1. The van der Waals surface area contributed by atoms with Crippen molar-refractivity contribution < 1.29 is 8.42 Å². The first-order valence-corrected chi connectivity index (χ1v) is 14.7. The summed E-state index contributed by atoms with van der Waals surface area (Å²) >= 11 is 6.96. The molecule has 36 heavy (non-hydrogen) atoms. The third kappa shape index (κ3) is 7.22. The number of hydrogen-bond donors (Lipinski definition) is 0. The third-order valence-electron chi connectivity index (χ3n) is 6.36. The van der Waals surface area contributed by atoms with Crippen LogP contribution in [0.1, 0.15) is 50.3 Å². The molecule has 0 heterocycles. The quantitative estimate of drug-likeness (QED) is 0.223. The number of likely N-dealkylation sites (N-methyl/N-ethyl adjacent to an activating group) is 1. The lowest BCUT2D eigenvalue weighted by Gasteiger charge is -2.28. The van der Waals surface area contributed by atoms with Crippen LogP contribution in [0.25, 0.3) is 10.6 Å². The average molecular weight is 525 g/mol. The molecule has 3 rings (SSSR count). The van der Waals surface area contributed by atoms with Crippen LogP contribution in [0.4, 0.5) is 5.69 Å². The van der Waals surface area contributed by atoms with Crippen LogP contribution in [-0.2, 0) is 10.0 Å². The maximum atomic E-state index is 13.3. The van der Waals surface area contributed by atoms with Gasteiger partial charge in [-0.3, -0.25) is 4.31 Å². The lowest BCUT2D eigenvalue weighted by atomic mass is 9.95. The van der Waals surface area contributed by atoms with Crippen LogP contribution in [0.2, 0.25) is 0 Å². The SMILES string of the molecule is CCCCS(=O)(=O)N(CCN(CC)CC)c1ccc(C(=C(Cl)c2ccccc2)c2ccccc2)cc1. The van der Waals surface area contributed by atoms with E-state index in [1.165, 1.54) is 0 Å². The smallest absolute Gasteiger partial charge is 0.235 e. The van der Waals surface area contributed by atoms with Crippen molar-refractivity contribution in [3.8, 4) is 0 Å². The molecule has 0 saturated carbocycles.